The molecule has 1 fully saturated rings. The smallest absolute Gasteiger partial charge is 0.326 e. The second-order valence-corrected chi connectivity index (χ2v) is 6.98. The number of amides is 4. The highest BCUT2D eigenvalue weighted by Crippen LogP contribution is 2.27. The molecule has 1 aliphatic rings. The van der Waals surface area contributed by atoms with Gasteiger partial charge in [-0.1, -0.05) is 24.3 Å². The highest BCUT2D eigenvalue weighted by atomic mass is 16.2. The van der Waals surface area contributed by atoms with Crippen molar-refractivity contribution < 1.29 is 14.4 Å². The number of imidazole rings is 1. The van der Waals surface area contributed by atoms with Crippen molar-refractivity contribution in [1.29, 1.82) is 0 Å². The highest BCUT2D eigenvalue weighted by molar-refractivity contribution is 6.02. The Morgan fingerprint density at radius 1 is 1.14 bits per heavy atom. The fraction of sp³-hybridized carbons (Fsp3) is 0.238. The van der Waals surface area contributed by atoms with Gasteiger partial charge < -0.3 is 15.2 Å². The number of rotatable bonds is 6. The molecule has 0 bridgehead atoms. The van der Waals surface area contributed by atoms with Gasteiger partial charge in [-0.05, 0) is 30.7 Å². The van der Waals surface area contributed by atoms with Crippen molar-refractivity contribution in [1.82, 2.24) is 19.8 Å². The Balaban J connectivity index is 1.41. The van der Waals surface area contributed by atoms with Crippen LogP contribution in [0.15, 0.2) is 48.5 Å². The van der Waals surface area contributed by atoms with E-state index in [0.29, 0.717) is 17.9 Å². The van der Waals surface area contributed by atoms with Crippen molar-refractivity contribution in [2.24, 2.45) is 0 Å². The Hall–Kier alpha value is -3.68. The van der Waals surface area contributed by atoms with Gasteiger partial charge >= 0.3 is 6.03 Å². The number of H-pyrrole nitrogens is 1. The Bertz CT molecular complexity index is 1060. The molecule has 1 saturated heterocycles. The van der Waals surface area contributed by atoms with Crippen LogP contribution >= 0.6 is 0 Å². The van der Waals surface area contributed by atoms with Crippen LogP contribution in [0.2, 0.25) is 0 Å². The van der Waals surface area contributed by atoms with Crippen LogP contribution in [0.4, 0.5) is 10.5 Å². The third-order valence-corrected chi connectivity index (χ3v) is 4.86. The average molecular weight is 391 g/mol. The number of carbonyl (C=O) groups excluding carboxylic acids is 3. The van der Waals surface area contributed by atoms with Gasteiger partial charge in [-0.15, -0.1) is 0 Å². The van der Waals surface area contributed by atoms with Gasteiger partial charge in [-0.3, -0.25) is 14.5 Å². The summed E-state index contributed by atoms with van der Waals surface area (Å²) in [4.78, 5) is 46.5. The summed E-state index contributed by atoms with van der Waals surface area (Å²) in [6.07, 6.45) is 0.610. The van der Waals surface area contributed by atoms with E-state index in [1.165, 1.54) is 9.80 Å². The molecule has 0 unspecified atom stereocenters. The van der Waals surface area contributed by atoms with Crippen LogP contribution in [-0.4, -0.2) is 57.8 Å². The van der Waals surface area contributed by atoms with Gasteiger partial charge in [0.05, 0.1) is 16.7 Å². The monoisotopic (exact) mass is 391 g/mol. The molecule has 4 rings (SSSR count). The van der Waals surface area contributed by atoms with Crippen LogP contribution < -0.4 is 5.32 Å². The lowest BCUT2D eigenvalue weighted by molar-refractivity contribution is -0.125. The molecule has 0 atom stereocenters. The summed E-state index contributed by atoms with van der Waals surface area (Å²) in [6.45, 7) is 0.330. The molecular formula is C21H21N5O3. The van der Waals surface area contributed by atoms with E-state index in [4.69, 9.17) is 0 Å². The molecule has 0 aliphatic carbocycles. The van der Waals surface area contributed by atoms with Gasteiger partial charge in [0, 0.05) is 25.6 Å². The van der Waals surface area contributed by atoms with Gasteiger partial charge in [0.2, 0.25) is 11.8 Å². The Morgan fingerprint density at radius 2 is 1.90 bits per heavy atom. The first-order valence-corrected chi connectivity index (χ1v) is 9.42. The zero-order valence-corrected chi connectivity index (χ0v) is 16.0. The molecular weight excluding hydrogens is 370 g/mol. The molecule has 4 amide bonds. The Morgan fingerprint density at radius 3 is 2.66 bits per heavy atom. The number of hydrogen-bond donors (Lipinski definition) is 2. The number of fused-ring (bicyclic) bond motifs is 1. The zero-order chi connectivity index (χ0) is 20.4. The molecule has 0 spiro atoms. The molecule has 148 valence electrons. The van der Waals surface area contributed by atoms with E-state index in [1.807, 2.05) is 48.5 Å². The summed E-state index contributed by atoms with van der Waals surface area (Å²) in [5, 5.41) is 2.91. The lowest BCUT2D eigenvalue weighted by Gasteiger charge is -2.14. The fourth-order valence-electron chi connectivity index (χ4n) is 3.38. The maximum absolute atomic E-state index is 12.4. The molecule has 2 heterocycles. The van der Waals surface area contributed by atoms with Crippen molar-refractivity contribution in [2.45, 2.75) is 12.8 Å². The second-order valence-electron chi connectivity index (χ2n) is 6.98. The normalized spacial score (nSPS) is 14.1. The van der Waals surface area contributed by atoms with Gasteiger partial charge in [-0.25, -0.2) is 9.78 Å². The number of hydrogen-bond acceptors (Lipinski definition) is 4. The quantitative estimate of drug-likeness (QED) is 0.631. The van der Waals surface area contributed by atoms with E-state index in [2.05, 4.69) is 15.3 Å². The molecule has 0 radical (unpaired) electrons. The average Bonchev–Trinajstić information content (AvgIpc) is 3.24. The molecule has 1 aromatic heterocycles. The Kier molecular flexibility index (Phi) is 4.99. The fourth-order valence-corrected chi connectivity index (χ4v) is 3.38. The number of aromatic nitrogens is 2. The van der Waals surface area contributed by atoms with Crippen molar-refractivity contribution in [3.8, 4) is 11.4 Å². The van der Waals surface area contributed by atoms with Gasteiger partial charge in [0.15, 0.2) is 0 Å². The minimum absolute atomic E-state index is 0.0932. The van der Waals surface area contributed by atoms with Crippen LogP contribution in [0.25, 0.3) is 22.4 Å². The first-order valence-electron chi connectivity index (χ1n) is 9.42. The van der Waals surface area contributed by atoms with Crippen LogP contribution in [0.5, 0.6) is 0 Å². The standard InChI is InChI=1S/C21H21N5O3/c1-25-13-19(28)26(21(25)29)12-6-11-18(27)22-15-8-3-2-7-14(15)20-23-16-9-4-5-10-17(16)24-20/h2-5,7-10H,6,11-13H2,1H3,(H,22,27)(H,23,24). The van der Waals surface area contributed by atoms with Crippen LogP contribution in [-0.2, 0) is 9.59 Å². The number of likely N-dealkylation sites (N-methyl/N-ethyl adjacent to an activating group) is 1. The number of aromatic amines is 1. The summed E-state index contributed by atoms with van der Waals surface area (Å²) < 4.78 is 0. The maximum Gasteiger partial charge on any atom is 0.326 e. The molecule has 3 aromatic rings. The van der Waals surface area contributed by atoms with Crippen LogP contribution in [0.3, 0.4) is 0 Å². The van der Waals surface area contributed by atoms with Crippen molar-refractivity contribution in [2.75, 3.05) is 25.5 Å². The molecule has 2 aromatic carbocycles. The van der Waals surface area contributed by atoms with Crippen molar-refractivity contribution in [3.63, 3.8) is 0 Å². The number of nitrogens with zero attached hydrogens (tertiary/aromatic N) is 3. The van der Waals surface area contributed by atoms with E-state index < -0.39 is 0 Å². The number of anilines is 1. The molecule has 29 heavy (non-hydrogen) atoms. The van der Waals surface area contributed by atoms with Crippen LogP contribution in [0, 0.1) is 0 Å². The van der Waals surface area contributed by atoms with Gasteiger partial charge in [0.1, 0.15) is 12.4 Å². The van der Waals surface area contributed by atoms with Gasteiger partial charge in [0.25, 0.3) is 0 Å². The SMILES string of the molecule is CN1CC(=O)N(CCCC(=O)Nc2ccccc2-c2nc3ccccc3[nH]2)C1=O. The number of benzene rings is 2. The number of imide groups is 1. The second kappa shape index (κ2) is 7.75. The summed E-state index contributed by atoms with van der Waals surface area (Å²) in [5.74, 6) is 0.271. The molecule has 2 N–H and O–H groups in total. The summed E-state index contributed by atoms with van der Waals surface area (Å²) in [6, 6.07) is 14.9. The summed E-state index contributed by atoms with van der Waals surface area (Å²) in [7, 11) is 1.59. The molecule has 8 nitrogen and oxygen atoms in total. The number of nitrogens with one attached hydrogen (secondary N) is 2. The van der Waals surface area contributed by atoms with E-state index in [0.717, 1.165) is 16.6 Å². The summed E-state index contributed by atoms with van der Waals surface area (Å²) in [5.41, 5.74) is 3.23. The first kappa shape index (κ1) is 18.7. The minimum Gasteiger partial charge on any atom is -0.338 e. The molecule has 1 aliphatic heterocycles. The molecule has 8 heteroatoms. The summed E-state index contributed by atoms with van der Waals surface area (Å²) >= 11 is 0. The Labute approximate surface area is 167 Å². The number of carbonyl (C=O) groups is 3. The largest absolute Gasteiger partial charge is 0.338 e. The number of para-hydroxylation sites is 3. The van der Waals surface area contributed by atoms with E-state index in [-0.39, 0.29) is 37.4 Å². The third kappa shape index (κ3) is 3.82. The van der Waals surface area contributed by atoms with Crippen molar-refractivity contribution >= 4 is 34.6 Å². The predicted octanol–water partition coefficient (Wildman–Crippen LogP) is 2.84. The van der Waals surface area contributed by atoms with Crippen LogP contribution in [0.1, 0.15) is 12.8 Å². The lowest BCUT2D eigenvalue weighted by Crippen LogP contribution is -2.32. The molecule has 0 saturated carbocycles. The first-order chi connectivity index (χ1) is 14.0. The topological polar surface area (TPSA) is 98.4 Å². The minimum atomic E-state index is -0.314. The van der Waals surface area contributed by atoms with E-state index >= 15 is 0 Å². The highest BCUT2D eigenvalue weighted by Gasteiger charge is 2.32. The van der Waals surface area contributed by atoms with E-state index in [1.54, 1.807) is 7.05 Å². The maximum atomic E-state index is 12.4. The third-order valence-electron chi connectivity index (χ3n) is 4.86. The lowest BCUT2D eigenvalue weighted by atomic mass is 10.1. The van der Waals surface area contributed by atoms with Crippen molar-refractivity contribution in [3.05, 3.63) is 48.5 Å². The van der Waals surface area contributed by atoms with Gasteiger partial charge in [-0.2, -0.15) is 0 Å². The predicted molar refractivity (Wildman–Crippen MR) is 109 cm³/mol. The van der Waals surface area contributed by atoms with E-state index in [9.17, 15) is 14.4 Å². The number of urea groups is 1. The zero-order valence-electron chi connectivity index (χ0n) is 16.0.